The molecule has 8 heteroatoms. The summed E-state index contributed by atoms with van der Waals surface area (Å²) in [5, 5.41) is 20.3. The molecule has 0 bridgehead atoms. The molecule has 31 heavy (non-hydrogen) atoms. The number of aromatic amines is 1. The van der Waals surface area contributed by atoms with Crippen LogP contribution in [0, 0.1) is 13.8 Å². The number of hydrogen-bond acceptors (Lipinski definition) is 5. The molecule has 0 amide bonds. The Kier molecular flexibility index (Phi) is 5.80. The minimum absolute atomic E-state index is 0.110. The minimum atomic E-state index is -1.05. The molecule has 2 aromatic heterocycles. The van der Waals surface area contributed by atoms with E-state index in [-0.39, 0.29) is 5.56 Å². The van der Waals surface area contributed by atoms with E-state index < -0.39 is 5.97 Å². The van der Waals surface area contributed by atoms with Crippen molar-refractivity contribution in [2.75, 3.05) is 4.90 Å². The third kappa shape index (κ3) is 4.06. The van der Waals surface area contributed by atoms with Crippen LogP contribution in [0.4, 0.5) is 17.2 Å². The van der Waals surface area contributed by atoms with Crippen LogP contribution in [-0.2, 0) is 6.42 Å². The Hall–Kier alpha value is -3.16. The molecule has 0 unspecified atom stereocenters. The molecule has 0 radical (unpaired) electrons. The first-order chi connectivity index (χ1) is 14.9. The quantitative estimate of drug-likeness (QED) is 0.347. The van der Waals surface area contributed by atoms with Gasteiger partial charge in [0.05, 0.1) is 23.1 Å². The highest BCUT2D eigenvalue weighted by atomic mass is 35.5. The molecule has 4 aromatic rings. The van der Waals surface area contributed by atoms with Crippen molar-refractivity contribution >= 4 is 46.1 Å². The highest BCUT2D eigenvalue weighted by molar-refractivity contribution is 7.13. The van der Waals surface area contributed by atoms with Crippen molar-refractivity contribution < 1.29 is 9.90 Å². The average molecular weight is 453 g/mol. The highest BCUT2D eigenvalue weighted by Crippen LogP contribution is 2.41. The summed E-state index contributed by atoms with van der Waals surface area (Å²) in [6, 6.07) is 10.9. The largest absolute Gasteiger partial charge is 0.478 e. The molecule has 0 atom stereocenters. The summed E-state index contributed by atoms with van der Waals surface area (Å²) >= 11 is 7.72. The fraction of sp³-hybridized carbons (Fsp3) is 0.174. The Labute approximate surface area is 189 Å². The van der Waals surface area contributed by atoms with Gasteiger partial charge in [0.25, 0.3) is 0 Å². The SMILES string of the molecule is CCc1cc(N(c2ccn[nH]2)c2ccc(Cl)cc2C(=O)O)c(C)cc1-c1nc(C)cs1. The summed E-state index contributed by atoms with van der Waals surface area (Å²) in [7, 11) is 0. The van der Waals surface area contributed by atoms with E-state index in [0.29, 0.717) is 16.5 Å². The summed E-state index contributed by atoms with van der Waals surface area (Å²) in [5.74, 6) is -0.391. The monoisotopic (exact) mass is 452 g/mol. The van der Waals surface area contributed by atoms with E-state index in [1.165, 1.54) is 6.07 Å². The molecule has 6 nitrogen and oxygen atoms in total. The Morgan fingerprint density at radius 2 is 2.00 bits per heavy atom. The number of carboxylic acid groups (broad SMARTS) is 1. The van der Waals surface area contributed by atoms with Crippen LogP contribution in [0.1, 0.15) is 34.1 Å². The van der Waals surface area contributed by atoms with Gasteiger partial charge in [0, 0.05) is 27.7 Å². The number of hydrogen-bond donors (Lipinski definition) is 2. The predicted octanol–water partition coefficient (Wildman–Crippen LogP) is 6.53. The molecule has 2 aromatic carbocycles. The lowest BCUT2D eigenvalue weighted by molar-refractivity contribution is 0.0697. The maximum Gasteiger partial charge on any atom is 0.337 e. The number of carboxylic acids is 1. The molecular formula is C23H21ClN4O2S. The number of nitrogens with one attached hydrogen (secondary N) is 1. The van der Waals surface area contributed by atoms with Crippen molar-refractivity contribution in [1.82, 2.24) is 15.2 Å². The number of rotatable bonds is 6. The predicted molar refractivity (Wildman–Crippen MR) is 125 cm³/mol. The Bertz CT molecular complexity index is 1250. The molecule has 0 aliphatic rings. The van der Waals surface area contributed by atoms with Gasteiger partial charge in [-0.2, -0.15) is 5.10 Å². The molecule has 0 aliphatic heterocycles. The molecular weight excluding hydrogens is 432 g/mol. The molecule has 0 spiro atoms. The third-order valence-electron chi connectivity index (χ3n) is 5.05. The van der Waals surface area contributed by atoms with Crippen molar-refractivity contribution in [3.05, 3.63) is 75.4 Å². The van der Waals surface area contributed by atoms with E-state index in [9.17, 15) is 9.90 Å². The summed E-state index contributed by atoms with van der Waals surface area (Å²) in [4.78, 5) is 18.5. The van der Waals surface area contributed by atoms with Gasteiger partial charge in [0.2, 0.25) is 0 Å². The fourth-order valence-corrected chi connectivity index (χ4v) is 4.61. The fourth-order valence-electron chi connectivity index (χ4n) is 3.59. The van der Waals surface area contributed by atoms with E-state index >= 15 is 0 Å². The van der Waals surface area contributed by atoms with E-state index in [1.54, 1.807) is 29.7 Å². The van der Waals surface area contributed by atoms with E-state index in [0.717, 1.165) is 39.5 Å². The zero-order valence-corrected chi connectivity index (χ0v) is 18.9. The first kappa shape index (κ1) is 21.1. The highest BCUT2D eigenvalue weighted by Gasteiger charge is 2.23. The van der Waals surface area contributed by atoms with Gasteiger partial charge in [-0.3, -0.25) is 10.00 Å². The van der Waals surface area contributed by atoms with Gasteiger partial charge in [-0.15, -0.1) is 11.3 Å². The number of aromatic nitrogens is 3. The maximum absolute atomic E-state index is 12.0. The van der Waals surface area contributed by atoms with Crippen molar-refractivity contribution in [2.45, 2.75) is 27.2 Å². The standard InChI is InChI=1S/C23H21ClN4O2S/c1-4-15-10-20(13(2)9-17(15)22-26-14(3)12-31-22)28(21-7-8-25-27-21)19-6-5-16(24)11-18(19)23(29)30/h5-12H,4H2,1-3H3,(H,25,27)(H,29,30). The number of aromatic carboxylic acids is 1. The second-order valence-electron chi connectivity index (χ2n) is 7.19. The number of benzene rings is 2. The van der Waals surface area contributed by atoms with E-state index in [1.807, 2.05) is 30.2 Å². The third-order valence-corrected chi connectivity index (χ3v) is 6.28. The van der Waals surface area contributed by atoms with Crippen molar-refractivity contribution in [3.63, 3.8) is 0 Å². The zero-order chi connectivity index (χ0) is 22.1. The first-order valence-electron chi connectivity index (χ1n) is 9.77. The van der Waals surface area contributed by atoms with Crippen LogP contribution in [0.2, 0.25) is 5.02 Å². The lowest BCUT2D eigenvalue weighted by Gasteiger charge is -2.27. The summed E-state index contributed by atoms with van der Waals surface area (Å²) in [5.41, 5.74) is 5.69. The number of halogens is 1. The lowest BCUT2D eigenvalue weighted by Crippen LogP contribution is -2.16. The van der Waals surface area contributed by atoms with Crippen LogP contribution in [-0.4, -0.2) is 26.3 Å². The van der Waals surface area contributed by atoms with Gasteiger partial charge in [0.15, 0.2) is 0 Å². The van der Waals surface area contributed by atoms with Crippen LogP contribution in [0.3, 0.4) is 0 Å². The van der Waals surface area contributed by atoms with Crippen LogP contribution < -0.4 is 4.90 Å². The molecule has 0 fully saturated rings. The second kappa shape index (κ2) is 8.53. The van der Waals surface area contributed by atoms with Crippen molar-refractivity contribution in [2.24, 2.45) is 0 Å². The Morgan fingerprint density at radius 3 is 2.61 bits per heavy atom. The topological polar surface area (TPSA) is 82.1 Å². The molecule has 158 valence electrons. The molecule has 0 saturated heterocycles. The number of aryl methyl sites for hydroxylation is 3. The summed E-state index contributed by atoms with van der Waals surface area (Å²) in [6.07, 6.45) is 2.45. The number of carbonyl (C=O) groups is 1. The van der Waals surface area contributed by atoms with Crippen LogP contribution in [0.25, 0.3) is 10.6 Å². The number of H-pyrrole nitrogens is 1. The Morgan fingerprint density at radius 1 is 1.19 bits per heavy atom. The van der Waals surface area contributed by atoms with Crippen LogP contribution in [0.15, 0.2) is 48.0 Å². The van der Waals surface area contributed by atoms with Gasteiger partial charge in [-0.1, -0.05) is 18.5 Å². The first-order valence-corrected chi connectivity index (χ1v) is 11.0. The molecule has 0 aliphatic carbocycles. The van der Waals surface area contributed by atoms with E-state index in [4.69, 9.17) is 11.6 Å². The van der Waals surface area contributed by atoms with Crippen molar-refractivity contribution in [1.29, 1.82) is 0 Å². The van der Waals surface area contributed by atoms with Crippen molar-refractivity contribution in [3.8, 4) is 10.6 Å². The molecule has 4 rings (SSSR count). The molecule has 0 saturated carbocycles. The van der Waals surface area contributed by atoms with Gasteiger partial charge in [-0.05, 0) is 61.7 Å². The second-order valence-corrected chi connectivity index (χ2v) is 8.48. The zero-order valence-electron chi connectivity index (χ0n) is 17.3. The number of nitrogens with zero attached hydrogens (tertiary/aromatic N) is 3. The smallest absolute Gasteiger partial charge is 0.337 e. The number of thiazole rings is 1. The normalized spacial score (nSPS) is 11.0. The maximum atomic E-state index is 12.0. The van der Waals surface area contributed by atoms with Gasteiger partial charge in [-0.25, -0.2) is 9.78 Å². The van der Waals surface area contributed by atoms with E-state index in [2.05, 4.69) is 34.2 Å². The average Bonchev–Trinajstić information content (AvgIpc) is 3.42. The summed E-state index contributed by atoms with van der Waals surface area (Å²) in [6.45, 7) is 6.10. The minimum Gasteiger partial charge on any atom is -0.478 e. The lowest BCUT2D eigenvalue weighted by atomic mass is 9.99. The number of anilines is 3. The Balaban J connectivity index is 1.95. The van der Waals surface area contributed by atoms with Crippen LogP contribution in [0.5, 0.6) is 0 Å². The van der Waals surface area contributed by atoms with Gasteiger partial charge in [0.1, 0.15) is 10.8 Å². The summed E-state index contributed by atoms with van der Waals surface area (Å²) < 4.78 is 0. The van der Waals surface area contributed by atoms with Gasteiger partial charge < -0.3 is 5.11 Å². The van der Waals surface area contributed by atoms with Crippen LogP contribution >= 0.6 is 22.9 Å². The van der Waals surface area contributed by atoms with Gasteiger partial charge >= 0.3 is 5.97 Å². The molecule has 2 N–H and O–H groups in total. The molecule has 2 heterocycles.